The molecule has 0 bridgehead atoms. The standard InChI is InChI=1S/C6H12F2N2O4S/c7-6(8)15(13,14)10-4(5(11)12)2-1-3-9/h4,6,10H,1-3,9H2,(H,11,12). The molecule has 90 valence electrons. The van der Waals surface area contributed by atoms with Crippen LogP contribution in [0.2, 0.25) is 0 Å². The molecule has 0 aliphatic rings. The normalized spacial score (nSPS) is 14.1. The minimum absolute atomic E-state index is 0.127. The van der Waals surface area contributed by atoms with Crippen LogP contribution in [0.3, 0.4) is 0 Å². The quantitative estimate of drug-likeness (QED) is 0.551. The summed E-state index contributed by atoms with van der Waals surface area (Å²) < 4.78 is 46.5. The number of nitrogens with one attached hydrogen (secondary N) is 1. The van der Waals surface area contributed by atoms with Crippen molar-refractivity contribution in [3.8, 4) is 0 Å². The van der Waals surface area contributed by atoms with Crippen molar-refractivity contribution in [3.05, 3.63) is 0 Å². The zero-order chi connectivity index (χ0) is 12.1. The summed E-state index contributed by atoms with van der Waals surface area (Å²) in [7, 11) is -4.88. The molecule has 0 fully saturated rings. The lowest BCUT2D eigenvalue weighted by molar-refractivity contribution is -0.139. The van der Waals surface area contributed by atoms with E-state index in [9.17, 15) is 22.0 Å². The Morgan fingerprint density at radius 3 is 2.33 bits per heavy atom. The molecule has 15 heavy (non-hydrogen) atoms. The molecule has 0 saturated heterocycles. The van der Waals surface area contributed by atoms with Crippen LogP contribution in [0.4, 0.5) is 8.78 Å². The summed E-state index contributed by atoms with van der Waals surface area (Å²) in [6, 6.07) is -1.56. The topological polar surface area (TPSA) is 109 Å². The molecule has 4 N–H and O–H groups in total. The summed E-state index contributed by atoms with van der Waals surface area (Å²) in [6.45, 7) is 0.153. The minimum atomic E-state index is -4.88. The van der Waals surface area contributed by atoms with Crippen LogP contribution < -0.4 is 10.5 Å². The van der Waals surface area contributed by atoms with Crippen molar-refractivity contribution in [2.45, 2.75) is 24.6 Å². The number of nitrogens with two attached hydrogens (primary N) is 1. The lowest BCUT2D eigenvalue weighted by Gasteiger charge is -2.13. The lowest BCUT2D eigenvalue weighted by Crippen LogP contribution is -2.43. The van der Waals surface area contributed by atoms with E-state index in [0.29, 0.717) is 0 Å². The van der Waals surface area contributed by atoms with Crippen molar-refractivity contribution in [1.29, 1.82) is 0 Å². The third-order valence-corrected chi connectivity index (χ3v) is 2.62. The van der Waals surface area contributed by atoms with Crippen LogP contribution in [-0.2, 0) is 14.8 Å². The van der Waals surface area contributed by atoms with Gasteiger partial charge in [-0.1, -0.05) is 0 Å². The van der Waals surface area contributed by atoms with E-state index in [4.69, 9.17) is 10.8 Å². The van der Waals surface area contributed by atoms with Crippen LogP contribution in [-0.4, -0.2) is 37.8 Å². The monoisotopic (exact) mass is 246 g/mol. The van der Waals surface area contributed by atoms with Crippen molar-refractivity contribution in [2.75, 3.05) is 6.54 Å². The van der Waals surface area contributed by atoms with Gasteiger partial charge in [0, 0.05) is 0 Å². The second kappa shape index (κ2) is 5.93. The fourth-order valence-electron chi connectivity index (χ4n) is 0.805. The Kier molecular flexibility index (Phi) is 5.61. The van der Waals surface area contributed by atoms with E-state index in [2.05, 4.69) is 0 Å². The first-order valence-corrected chi connectivity index (χ1v) is 5.58. The number of carbonyl (C=O) groups is 1. The molecular weight excluding hydrogens is 234 g/mol. The third kappa shape index (κ3) is 5.00. The molecule has 0 aliphatic carbocycles. The summed E-state index contributed by atoms with van der Waals surface area (Å²) in [5.74, 6) is -5.15. The van der Waals surface area contributed by atoms with Crippen molar-refractivity contribution in [2.24, 2.45) is 5.73 Å². The molecule has 1 unspecified atom stereocenters. The van der Waals surface area contributed by atoms with Gasteiger partial charge in [-0.3, -0.25) is 4.79 Å². The summed E-state index contributed by atoms with van der Waals surface area (Å²) >= 11 is 0. The molecule has 0 amide bonds. The molecule has 0 radical (unpaired) electrons. The SMILES string of the molecule is NCCCC(NS(=O)(=O)C(F)F)C(=O)O. The number of hydrogen-bond donors (Lipinski definition) is 3. The summed E-state index contributed by atoms with van der Waals surface area (Å²) in [4.78, 5) is 10.5. The Morgan fingerprint density at radius 1 is 1.47 bits per heavy atom. The summed E-state index contributed by atoms with van der Waals surface area (Å²) in [5.41, 5.74) is 5.08. The van der Waals surface area contributed by atoms with Crippen molar-refractivity contribution >= 4 is 16.0 Å². The lowest BCUT2D eigenvalue weighted by atomic mass is 10.2. The van der Waals surface area contributed by atoms with E-state index in [-0.39, 0.29) is 19.4 Å². The number of carboxylic acid groups (broad SMARTS) is 1. The predicted molar refractivity (Wildman–Crippen MR) is 47.8 cm³/mol. The minimum Gasteiger partial charge on any atom is -0.480 e. The Hall–Kier alpha value is -0.800. The van der Waals surface area contributed by atoms with Gasteiger partial charge in [0.15, 0.2) is 0 Å². The molecule has 0 aromatic heterocycles. The maximum Gasteiger partial charge on any atom is 0.350 e. The van der Waals surface area contributed by atoms with Gasteiger partial charge in [-0.25, -0.2) is 8.42 Å². The third-order valence-electron chi connectivity index (χ3n) is 1.54. The van der Waals surface area contributed by atoms with E-state index >= 15 is 0 Å². The smallest absolute Gasteiger partial charge is 0.350 e. The number of hydrogen-bond acceptors (Lipinski definition) is 4. The average Bonchev–Trinajstić information content (AvgIpc) is 2.11. The molecular formula is C6H12F2N2O4S. The highest BCUT2D eigenvalue weighted by Crippen LogP contribution is 2.06. The molecule has 0 aliphatic heterocycles. The van der Waals surface area contributed by atoms with Gasteiger partial charge in [-0.05, 0) is 19.4 Å². The van der Waals surface area contributed by atoms with Gasteiger partial charge in [0.2, 0.25) is 0 Å². The Morgan fingerprint density at radius 2 is 2.00 bits per heavy atom. The van der Waals surface area contributed by atoms with Crippen molar-refractivity contribution in [1.82, 2.24) is 4.72 Å². The first-order valence-electron chi connectivity index (χ1n) is 4.03. The second-order valence-corrected chi connectivity index (χ2v) is 4.43. The van der Waals surface area contributed by atoms with E-state index < -0.39 is 27.8 Å². The van der Waals surface area contributed by atoms with Crippen molar-refractivity contribution in [3.63, 3.8) is 0 Å². The predicted octanol–water partition coefficient (Wildman–Crippen LogP) is -0.679. The molecule has 0 aromatic carbocycles. The van der Waals surface area contributed by atoms with Gasteiger partial charge in [0.05, 0.1) is 0 Å². The van der Waals surface area contributed by atoms with Crippen LogP contribution in [0.5, 0.6) is 0 Å². The van der Waals surface area contributed by atoms with Crippen LogP contribution in [0.1, 0.15) is 12.8 Å². The van der Waals surface area contributed by atoms with Gasteiger partial charge < -0.3 is 10.8 Å². The van der Waals surface area contributed by atoms with E-state index in [0.717, 1.165) is 0 Å². The Balaban J connectivity index is 4.48. The Labute approximate surface area is 85.5 Å². The maximum absolute atomic E-state index is 11.9. The van der Waals surface area contributed by atoms with Gasteiger partial charge in [0.25, 0.3) is 10.0 Å². The van der Waals surface area contributed by atoms with Crippen LogP contribution in [0, 0.1) is 0 Å². The zero-order valence-corrected chi connectivity index (χ0v) is 8.51. The van der Waals surface area contributed by atoms with Crippen LogP contribution in [0.15, 0.2) is 0 Å². The molecule has 0 saturated carbocycles. The number of sulfonamides is 1. The number of rotatable bonds is 7. The fourth-order valence-corrected chi connectivity index (χ4v) is 1.52. The molecule has 0 heterocycles. The molecule has 0 spiro atoms. The van der Waals surface area contributed by atoms with Crippen LogP contribution in [0.25, 0.3) is 0 Å². The summed E-state index contributed by atoms with van der Waals surface area (Å²) in [6.07, 6.45) is 0.0977. The first-order chi connectivity index (χ1) is 6.81. The molecule has 0 rings (SSSR count). The maximum atomic E-state index is 11.9. The second-order valence-electron chi connectivity index (χ2n) is 2.75. The molecule has 1 atom stereocenters. The number of carboxylic acids is 1. The van der Waals surface area contributed by atoms with Crippen LogP contribution >= 0.6 is 0 Å². The summed E-state index contributed by atoms with van der Waals surface area (Å²) in [5, 5.41) is 8.53. The first kappa shape index (κ1) is 14.2. The largest absolute Gasteiger partial charge is 0.480 e. The van der Waals surface area contributed by atoms with E-state index in [1.54, 1.807) is 0 Å². The average molecular weight is 246 g/mol. The number of alkyl halides is 2. The molecule has 6 nitrogen and oxygen atoms in total. The van der Waals surface area contributed by atoms with Gasteiger partial charge in [-0.2, -0.15) is 13.5 Å². The van der Waals surface area contributed by atoms with Gasteiger partial charge in [0.1, 0.15) is 6.04 Å². The fraction of sp³-hybridized carbons (Fsp3) is 0.833. The van der Waals surface area contributed by atoms with E-state index in [1.807, 2.05) is 0 Å². The number of halogens is 2. The zero-order valence-electron chi connectivity index (χ0n) is 7.69. The molecule has 0 aromatic rings. The van der Waals surface area contributed by atoms with Crippen molar-refractivity contribution < 1.29 is 27.1 Å². The van der Waals surface area contributed by atoms with Gasteiger partial charge >= 0.3 is 11.7 Å². The van der Waals surface area contributed by atoms with E-state index in [1.165, 1.54) is 4.72 Å². The number of aliphatic carboxylic acids is 1. The van der Waals surface area contributed by atoms with Gasteiger partial charge in [-0.15, -0.1) is 0 Å². The highest BCUT2D eigenvalue weighted by Gasteiger charge is 2.30. The Bertz CT molecular complexity index is 306. The highest BCUT2D eigenvalue weighted by atomic mass is 32.2. The molecule has 9 heteroatoms. The highest BCUT2D eigenvalue weighted by molar-refractivity contribution is 7.89.